The molecular formula is C22H27N3O3S. The van der Waals surface area contributed by atoms with Gasteiger partial charge in [-0.15, -0.1) is 0 Å². The van der Waals surface area contributed by atoms with E-state index in [0.717, 1.165) is 43.5 Å². The summed E-state index contributed by atoms with van der Waals surface area (Å²) in [6.45, 7) is 2.24. The van der Waals surface area contributed by atoms with Crippen LogP contribution < -0.4 is 0 Å². The number of imide groups is 1. The number of thioether (sulfide) groups is 1. The van der Waals surface area contributed by atoms with Crippen LogP contribution in [-0.4, -0.2) is 51.0 Å². The number of hydrogen-bond acceptors (Lipinski definition) is 5. The van der Waals surface area contributed by atoms with Crippen molar-refractivity contribution in [2.75, 3.05) is 12.3 Å². The minimum absolute atomic E-state index is 0.0630. The van der Waals surface area contributed by atoms with Crippen LogP contribution in [0, 0.1) is 11.8 Å². The third-order valence-electron chi connectivity index (χ3n) is 6.18. The summed E-state index contributed by atoms with van der Waals surface area (Å²) in [5.41, 5.74) is 0.818. The van der Waals surface area contributed by atoms with Crippen LogP contribution in [0.2, 0.25) is 0 Å². The quantitative estimate of drug-likeness (QED) is 0.692. The summed E-state index contributed by atoms with van der Waals surface area (Å²) in [5.74, 6) is 0.285. The van der Waals surface area contributed by atoms with Crippen LogP contribution >= 0.6 is 11.8 Å². The number of amides is 3. The van der Waals surface area contributed by atoms with Gasteiger partial charge in [0.2, 0.25) is 17.7 Å². The molecule has 0 spiro atoms. The predicted molar refractivity (Wildman–Crippen MR) is 114 cm³/mol. The second-order valence-corrected chi connectivity index (χ2v) is 8.93. The Bertz CT molecular complexity index is 802. The number of hydrogen-bond donors (Lipinski definition) is 0. The SMILES string of the molecule is CC[C@H]1CSC(=Nc2ccccc2)N1C(=O)CCN1C(=O)[C@H]2CCCC[C@H]2C1=O. The van der Waals surface area contributed by atoms with Crippen molar-refractivity contribution in [1.29, 1.82) is 0 Å². The van der Waals surface area contributed by atoms with Crippen LogP contribution in [0.3, 0.4) is 0 Å². The number of likely N-dealkylation sites (tertiary alicyclic amines) is 1. The van der Waals surface area contributed by atoms with E-state index >= 15 is 0 Å². The molecule has 3 amide bonds. The van der Waals surface area contributed by atoms with Crippen molar-refractivity contribution in [3.8, 4) is 0 Å². The molecule has 154 valence electrons. The van der Waals surface area contributed by atoms with Crippen molar-refractivity contribution in [3.63, 3.8) is 0 Å². The molecule has 29 heavy (non-hydrogen) atoms. The first-order valence-electron chi connectivity index (χ1n) is 10.5. The molecule has 1 saturated carbocycles. The highest BCUT2D eigenvalue weighted by Crippen LogP contribution is 2.38. The van der Waals surface area contributed by atoms with E-state index in [1.54, 1.807) is 16.7 Å². The van der Waals surface area contributed by atoms with Crippen molar-refractivity contribution < 1.29 is 14.4 Å². The van der Waals surface area contributed by atoms with Gasteiger partial charge in [-0.1, -0.05) is 49.7 Å². The molecular weight excluding hydrogens is 386 g/mol. The van der Waals surface area contributed by atoms with Gasteiger partial charge in [0.15, 0.2) is 5.17 Å². The fraction of sp³-hybridized carbons (Fsp3) is 0.545. The molecule has 1 aromatic rings. The molecule has 0 unspecified atom stereocenters. The monoisotopic (exact) mass is 413 g/mol. The zero-order chi connectivity index (χ0) is 20.4. The Balaban J connectivity index is 1.45. The van der Waals surface area contributed by atoms with Crippen molar-refractivity contribution in [3.05, 3.63) is 30.3 Å². The number of benzene rings is 1. The van der Waals surface area contributed by atoms with E-state index < -0.39 is 0 Å². The maximum absolute atomic E-state index is 13.1. The number of carbonyl (C=O) groups excluding carboxylic acids is 3. The number of rotatable bonds is 5. The van der Waals surface area contributed by atoms with Crippen LogP contribution in [0.4, 0.5) is 5.69 Å². The standard InChI is InChI=1S/C22H27N3O3S/c1-2-16-14-29-22(23-15-8-4-3-5-9-15)25(16)19(26)12-13-24-20(27)17-10-6-7-11-18(17)21(24)28/h3-5,8-9,16-18H,2,6-7,10-14H2,1H3/t16-,17-,18+/m0/s1. The van der Waals surface area contributed by atoms with E-state index in [4.69, 9.17) is 0 Å². The molecule has 1 aromatic carbocycles. The normalized spacial score (nSPS) is 28.3. The smallest absolute Gasteiger partial charge is 0.233 e. The second kappa shape index (κ2) is 8.69. The van der Waals surface area contributed by atoms with Crippen LogP contribution in [0.25, 0.3) is 0 Å². The Labute approximate surface area is 175 Å². The van der Waals surface area contributed by atoms with Gasteiger partial charge in [0.05, 0.1) is 17.5 Å². The molecule has 0 N–H and O–H groups in total. The Hall–Kier alpha value is -2.15. The van der Waals surface area contributed by atoms with E-state index in [9.17, 15) is 14.4 Å². The fourth-order valence-electron chi connectivity index (χ4n) is 4.56. The minimum atomic E-state index is -0.160. The number of carbonyl (C=O) groups is 3. The Morgan fingerprint density at radius 2 is 1.76 bits per heavy atom. The molecule has 1 aliphatic carbocycles. The topological polar surface area (TPSA) is 70.1 Å². The maximum Gasteiger partial charge on any atom is 0.233 e. The van der Waals surface area contributed by atoms with Crippen molar-refractivity contribution in [1.82, 2.24) is 9.80 Å². The van der Waals surface area contributed by atoms with Crippen molar-refractivity contribution in [2.45, 2.75) is 51.5 Å². The zero-order valence-electron chi connectivity index (χ0n) is 16.8. The lowest BCUT2D eigenvalue weighted by molar-refractivity contribution is -0.140. The predicted octanol–water partition coefficient (Wildman–Crippen LogP) is 3.59. The summed E-state index contributed by atoms with van der Waals surface area (Å²) in [7, 11) is 0. The molecule has 6 nitrogen and oxygen atoms in total. The van der Waals surface area contributed by atoms with E-state index in [1.807, 2.05) is 30.3 Å². The van der Waals surface area contributed by atoms with Crippen LogP contribution in [0.15, 0.2) is 35.3 Å². The number of aliphatic imine (C=N–C) groups is 1. The van der Waals surface area contributed by atoms with Gasteiger partial charge in [0, 0.05) is 24.8 Å². The molecule has 7 heteroatoms. The third-order valence-corrected chi connectivity index (χ3v) is 7.28. The maximum atomic E-state index is 13.1. The summed E-state index contributed by atoms with van der Waals surface area (Å²) in [5, 5.41) is 0.709. The largest absolute Gasteiger partial charge is 0.287 e. The van der Waals surface area contributed by atoms with E-state index in [2.05, 4.69) is 11.9 Å². The molecule has 2 saturated heterocycles. The van der Waals surface area contributed by atoms with Crippen LogP contribution in [-0.2, 0) is 14.4 Å². The number of amidine groups is 1. The molecule has 3 fully saturated rings. The molecule has 0 aromatic heterocycles. The first kappa shape index (κ1) is 20.1. The lowest BCUT2D eigenvalue weighted by Gasteiger charge is -2.24. The van der Waals surface area contributed by atoms with Crippen molar-refractivity contribution in [2.24, 2.45) is 16.8 Å². The molecule has 0 bridgehead atoms. The molecule has 2 heterocycles. The Kier molecular flexibility index (Phi) is 6.04. The van der Waals surface area contributed by atoms with E-state index in [0.29, 0.717) is 5.17 Å². The van der Waals surface area contributed by atoms with Gasteiger partial charge in [-0.05, 0) is 31.4 Å². The highest BCUT2D eigenvalue weighted by Gasteiger charge is 2.48. The lowest BCUT2D eigenvalue weighted by Crippen LogP contribution is -2.41. The Morgan fingerprint density at radius 3 is 2.38 bits per heavy atom. The van der Waals surface area contributed by atoms with Gasteiger partial charge in [0.1, 0.15) is 0 Å². The number of fused-ring (bicyclic) bond motifs is 1. The average Bonchev–Trinajstić information content (AvgIpc) is 3.26. The summed E-state index contributed by atoms with van der Waals surface area (Å²) in [4.78, 5) is 46.2. The van der Waals surface area contributed by atoms with Crippen LogP contribution in [0.5, 0.6) is 0 Å². The fourth-order valence-corrected chi connectivity index (χ4v) is 5.85. The summed E-state index contributed by atoms with van der Waals surface area (Å²) < 4.78 is 0. The van der Waals surface area contributed by atoms with Gasteiger partial charge in [-0.2, -0.15) is 0 Å². The minimum Gasteiger partial charge on any atom is -0.287 e. The van der Waals surface area contributed by atoms with E-state index in [-0.39, 0.29) is 48.6 Å². The van der Waals surface area contributed by atoms with Crippen molar-refractivity contribution >= 4 is 40.3 Å². The second-order valence-electron chi connectivity index (χ2n) is 7.94. The van der Waals surface area contributed by atoms with Gasteiger partial charge < -0.3 is 0 Å². The van der Waals surface area contributed by atoms with Gasteiger partial charge in [0.25, 0.3) is 0 Å². The molecule has 0 radical (unpaired) electrons. The summed E-state index contributed by atoms with van der Waals surface area (Å²) in [6.07, 6.45) is 4.62. The zero-order valence-corrected chi connectivity index (χ0v) is 17.6. The number of para-hydroxylation sites is 1. The average molecular weight is 414 g/mol. The third kappa shape index (κ3) is 3.97. The summed E-state index contributed by atoms with van der Waals surface area (Å²) >= 11 is 1.59. The van der Waals surface area contributed by atoms with Gasteiger partial charge >= 0.3 is 0 Å². The molecule has 4 rings (SSSR count). The number of nitrogens with zero attached hydrogens (tertiary/aromatic N) is 3. The lowest BCUT2D eigenvalue weighted by atomic mass is 9.81. The first-order valence-corrected chi connectivity index (χ1v) is 11.5. The molecule has 3 atom stereocenters. The Morgan fingerprint density at radius 1 is 1.10 bits per heavy atom. The summed E-state index contributed by atoms with van der Waals surface area (Å²) in [6, 6.07) is 9.71. The highest BCUT2D eigenvalue weighted by molar-refractivity contribution is 8.14. The van der Waals surface area contributed by atoms with Crippen LogP contribution in [0.1, 0.15) is 45.4 Å². The first-order chi connectivity index (χ1) is 14.1. The van der Waals surface area contributed by atoms with Gasteiger partial charge in [-0.3, -0.25) is 24.2 Å². The highest BCUT2D eigenvalue weighted by atomic mass is 32.2. The molecule has 2 aliphatic heterocycles. The van der Waals surface area contributed by atoms with Gasteiger partial charge in [-0.25, -0.2) is 4.99 Å². The molecule has 3 aliphatic rings. The van der Waals surface area contributed by atoms with E-state index in [1.165, 1.54) is 4.90 Å².